The minimum atomic E-state index is -2.43. The van der Waals surface area contributed by atoms with Crippen LogP contribution in [0, 0.1) is 0 Å². The lowest BCUT2D eigenvalue weighted by Crippen LogP contribution is -2.39. The van der Waals surface area contributed by atoms with Crippen LogP contribution in [0.25, 0.3) is 0 Å². The summed E-state index contributed by atoms with van der Waals surface area (Å²) < 4.78 is 27.0. The van der Waals surface area contributed by atoms with E-state index in [2.05, 4.69) is 33.0 Å². The standard InChI is InChI=1S/C14H18BrF2N/c15-13-5-3-12(4-6-13)2-1-9-18-10-7-14(16,17)8-11-18/h3-6H,1-2,7-11H2. The summed E-state index contributed by atoms with van der Waals surface area (Å²) in [7, 11) is 0. The molecule has 0 unspecified atom stereocenters. The Morgan fingerprint density at radius 2 is 1.72 bits per heavy atom. The number of rotatable bonds is 4. The number of nitrogens with zero attached hydrogens (tertiary/aromatic N) is 1. The fourth-order valence-corrected chi connectivity index (χ4v) is 2.53. The van der Waals surface area contributed by atoms with Crippen LogP contribution >= 0.6 is 15.9 Å². The van der Waals surface area contributed by atoms with Gasteiger partial charge in [-0.1, -0.05) is 28.1 Å². The van der Waals surface area contributed by atoms with Gasteiger partial charge in [0.05, 0.1) is 0 Å². The summed E-state index contributed by atoms with van der Waals surface area (Å²) in [5.41, 5.74) is 1.31. The Hall–Kier alpha value is -0.480. The van der Waals surface area contributed by atoms with Crippen LogP contribution in [0.1, 0.15) is 24.8 Å². The van der Waals surface area contributed by atoms with Gasteiger partial charge < -0.3 is 4.90 Å². The van der Waals surface area contributed by atoms with E-state index in [9.17, 15) is 8.78 Å². The van der Waals surface area contributed by atoms with Crippen LogP contribution < -0.4 is 0 Å². The molecule has 0 saturated carbocycles. The van der Waals surface area contributed by atoms with Crippen LogP contribution in [0.15, 0.2) is 28.7 Å². The number of likely N-dealkylation sites (tertiary alicyclic amines) is 1. The van der Waals surface area contributed by atoms with Gasteiger partial charge >= 0.3 is 0 Å². The molecule has 0 amide bonds. The topological polar surface area (TPSA) is 3.24 Å². The zero-order valence-electron chi connectivity index (χ0n) is 10.3. The third-order valence-electron chi connectivity index (χ3n) is 3.44. The van der Waals surface area contributed by atoms with Crippen LogP contribution in [0.4, 0.5) is 8.78 Å². The number of benzene rings is 1. The molecular formula is C14H18BrF2N. The lowest BCUT2D eigenvalue weighted by Gasteiger charge is -2.31. The molecule has 0 bridgehead atoms. The van der Waals surface area contributed by atoms with Gasteiger partial charge in [-0.15, -0.1) is 0 Å². The Labute approximate surface area is 115 Å². The van der Waals surface area contributed by atoms with Gasteiger partial charge in [-0.2, -0.15) is 0 Å². The van der Waals surface area contributed by atoms with Crippen LogP contribution in [0.5, 0.6) is 0 Å². The van der Waals surface area contributed by atoms with Crippen LogP contribution in [0.2, 0.25) is 0 Å². The molecule has 0 atom stereocenters. The van der Waals surface area contributed by atoms with Crippen molar-refractivity contribution in [2.75, 3.05) is 19.6 Å². The minimum Gasteiger partial charge on any atom is -0.303 e. The molecule has 18 heavy (non-hydrogen) atoms. The molecular weight excluding hydrogens is 300 g/mol. The van der Waals surface area contributed by atoms with E-state index in [1.54, 1.807) is 0 Å². The summed E-state index contributed by atoms with van der Waals surface area (Å²) in [6, 6.07) is 8.29. The predicted octanol–water partition coefficient (Wildman–Crippen LogP) is 4.11. The van der Waals surface area contributed by atoms with Crippen molar-refractivity contribution in [2.45, 2.75) is 31.6 Å². The molecule has 100 valence electrons. The maximum Gasteiger partial charge on any atom is 0.250 e. The number of halogens is 3. The molecule has 0 aromatic heterocycles. The third kappa shape index (κ3) is 4.32. The lowest BCUT2D eigenvalue weighted by molar-refractivity contribution is -0.0551. The highest BCUT2D eigenvalue weighted by Gasteiger charge is 2.33. The maximum atomic E-state index is 13.0. The zero-order valence-corrected chi connectivity index (χ0v) is 11.9. The van der Waals surface area contributed by atoms with Crippen molar-refractivity contribution in [1.82, 2.24) is 4.90 Å². The predicted molar refractivity (Wildman–Crippen MR) is 73.1 cm³/mol. The number of hydrogen-bond acceptors (Lipinski definition) is 1. The molecule has 0 radical (unpaired) electrons. The van der Waals surface area contributed by atoms with Crippen molar-refractivity contribution >= 4 is 15.9 Å². The van der Waals surface area contributed by atoms with Crippen molar-refractivity contribution in [3.05, 3.63) is 34.3 Å². The Kier molecular flexibility index (Phi) is 4.73. The Bertz CT molecular complexity index is 368. The van der Waals surface area contributed by atoms with E-state index < -0.39 is 5.92 Å². The van der Waals surface area contributed by atoms with E-state index in [0.29, 0.717) is 13.1 Å². The van der Waals surface area contributed by atoms with Crippen molar-refractivity contribution < 1.29 is 8.78 Å². The Morgan fingerprint density at radius 1 is 1.11 bits per heavy atom. The second-order valence-corrected chi connectivity index (χ2v) is 5.84. The molecule has 0 spiro atoms. The minimum absolute atomic E-state index is 0.0191. The lowest BCUT2D eigenvalue weighted by atomic mass is 10.1. The molecule has 1 aliphatic rings. The van der Waals surface area contributed by atoms with Gasteiger partial charge in [-0.25, -0.2) is 8.78 Å². The molecule has 0 aliphatic carbocycles. The van der Waals surface area contributed by atoms with Gasteiger partial charge in [0, 0.05) is 30.4 Å². The van der Waals surface area contributed by atoms with Crippen molar-refractivity contribution in [1.29, 1.82) is 0 Å². The maximum absolute atomic E-state index is 13.0. The van der Waals surface area contributed by atoms with Gasteiger partial charge in [0.2, 0.25) is 0 Å². The molecule has 1 aromatic rings. The normalized spacial score (nSPS) is 19.9. The molecule has 2 rings (SSSR count). The molecule has 1 aromatic carbocycles. The summed E-state index contributed by atoms with van der Waals surface area (Å²) in [6.45, 7) is 1.99. The van der Waals surface area contributed by atoms with Gasteiger partial charge in [-0.3, -0.25) is 0 Å². The largest absolute Gasteiger partial charge is 0.303 e. The smallest absolute Gasteiger partial charge is 0.250 e. The van der Waals surface area contributed by atoms with E-state index in [1.165, 1.54) is 5.56 Å². The van der Waals surface area contributed by atoms with Gasteiger partial charge in [-0.05, 0) is 37.1 Å². The van der Waals surface area contributed by atoms with E-state index in [1.807, 2.05) is 12.1 Å². The number of alkyl halides is 2. The van der Waals surface area contributed by atoms with Crippen molar-refractivity contribution in [3.63, 3.8) is 0 Å². The van der Waals surface area contributed by atoms with Gasteiger partial charge in [0.1, 0.15) is 0 Å². The van der Waals surface area contributed by atoms with Crippen LogP contribution in [-0.4, -0.2) is 30.5 Å². The first-order valence-corrected chi connectivity index (χ1v) is 7.19. The highest BCUT2D eigenvalue weighted by Crippen LogP contribution is 2.27. The molecule has 0 N–H and O–H groups in total. The van der Waals surface area contributed by atoms with Crippen molar-refractivity contribution in [3.8, 4) is 0 Å². The van der Waals surface area contributed by atoms with E-state index >= 15 is 0 Å². The highest BCUT2D eigenvalue weighted by atomic mass is 79.9. The zero-order chi connectivity index (χ0) is 13.0. The first kappa shape index (κ1) is 13.9. The molecule has 1 heterocycles. The fraction of sp³-hybridized carbons (Fsp3) is 0.571. The monoisotopic (exact) mass is 317 g/mol. The first-order valence-electron chi connectivity index (χ1n) is 6.40. The van der Waals surface area contributed by atoms with Gasteiger partial charge in [0.15, 0.2) is 0 Å². The molecule has 1 fully saturated rings. The Balaban J connectivity index is 1.68. The summed E-state index contributed by atoms with van der Waals surface area (Å²) in [5, 5.41) is 0. The molecule has 4 heteroatoms. The Morgan fingerprint density at radius 3 is 2.33 bits per heavy atom. The average Bonchev–Trinajstić information content (AvgIpc) is 2.34. The number of hydrogen-bond donors (Lipinski definition) is 0. The SMILES string of the molecule is FC1(F)CCN(CCCc2ccc(Br)cc2)CC1. The molecule has 1 saturated heterocycles. The molecule has 1 aliphatic heterocycles. The van der Waals surface area contributed by atoms with Gasteiger partial charge in [0.25, 0.3) is 5.92 Å². The first-order chi connectivity index (χ1) is 8.55. The second-order valence-electron chi connectivity index (χ2n) is 4.93. The van der Waals surface area contributed by atoms with E-state index in [4.69, 9.17) is 0 Å². The van der Waals surface area contributed by atoms with Crippen molar-refractivity contribution in [2.24, 2.45) is 0 Å². The fourth-order valence-electron chi connectivity index (χ4n) is 2.26. The summed E-state index contributed by atoms with van der Waals surface area (Å²) >= 11 is 3.41. The second kappa shape index (κ2) is 6.11. The van der Waals surface area contributed by atoms with Crippen LogP contribution in [-0.2, 0) is 6.42 Å². The third-order valence-corrected chi connectivity index (χ3v) is 3.97. The summed E-state index contributed by atoms with van der Waals surface area (Å²) in [4.78, 5) is 2.15. The molecule has 1 nitrogen and oxygen atoms in total. The summed E-state index contributed by atoms with van der Waals surface area (Å²) in [5.74, 6) is -2.43. The average molecular weight is 318 g/mol. The van der Waals surface area contributed by atoms with Crippen LogP contribution in [0.3, 0.4) is 0 Å². The van der Waals surface area contributed by atoms with E-state index in [0.717, 1.165) is 23.9 Å². The quantitative estimate of drug-likeness (QED) is 0.807. The highest BCUT2D eigenvalue weighted by molar-refractivity contribution is 9.10. The summed E-state index contributed by atoms with van der Waals surface area (Å²) in [6.07, 6.45) is 2.09. The van der Waals surface area contributed by atoms with E-state index in [-0.39, 0.29) is 12.8 Å². The number of aryl methyl sites for hydroxylation is 1. The number of piperidine rings is 1.